The predicted octanol–water partition coefficient (Wildman–Crippen LogP) is 3.98. The molecule has 0 aliphatic carbocycles. The molecule has 0 aliphatic heterocycles. The molecule has 0 radical (unpaired) electrons. The first kappa shape index (κ1) is 21.8. The monoisotopic (exact) mass is 378 g/mol. The average molecular weight is 379 g/mol. The van der Waals surface area contributed by atoms with E-state index < -0.39 is 0 Å². The van der Waals surface area contributed by atoms with Crippen LogP contribution >= 0.6 is 12.4 Å². The van der Waals surface area contributed by atoms with Gasteiger partial charge in [-0.15, -0.1) is 12.4 Å². The van der Waals surface area contributed by atoms with E-state index in [1.54, 1.807) is 32.4 Å². The SMILES string of the molecule is CCN(CCC(=O)Nc1ccc(OC)cc1OC)Cc1ccccc1.Cl. The molecule has 0 unspecified atom stereocenters. The van der Waals surface area contributed by atoms with Gasteiger partial charge in [0.1, 0.15) is 11.5 Å². The number of rotatable bonds is 9. The van der Waals surface area contributed by atoms with Crippen LogP contribution in [0, 0.1) is 0 Å². The number of ether oxygens (including phenoxy) is 2. The van der Waals surface area contributed by atoms with Crippen LogP contribution in [0.15, 0.2) is 48.5 Å². The summed E-state index contributed by atoms with van der Waals surface area (Å²) >= 11 is 0. The van der Waals surface area contributed by atoms with Crippen LogP contribution in [0.5, 0.6) is 11.5 Å². The van der Waals surface area contributed by atoms with Crippen molar-refractivity contribution in [3.05, 3.63) is 54.1 Å². The summed E-state index contributed by atoms with van der Waals surface area (Å²) in [5, 5.41) is 2.91. The second-order valence-corrected chi connectivity index (χ2v) is 5.72. The zero-order valence-electron chi connectivity index (χ0n) is 15.5. The molecule has 1 N–H and O–H groups in total. The summed E-state index contributed by atoms with van der Waals surface area (Å²) in [4.78, 5) is 14.5. The number of carbonyl (C=O) groups excluding carboxylic acids is 1. The van der Waals surface area contributed by atoms with Gasteiger partial charge in [-0.05, 0) is 24.2 Å². The molecule has 2 aromatic rings. The highest BCUT2D eigenvalue weighted by molar-refractivity contribution is 5.92. The zero-order chi connectivity index (χ0) is 18.1. The van der Waals surface area contributed by atoms with Crippen LogP contribution in [0.1, 0.15) is 18.9 Å². The minimum absolute atomic E-state index is 0. The third-order valence-corrected chi connectivity index (χ3v) is 4.03. The van der Waals surface area contributed by atoms with Crippen molar-refractivity contribution in [2.75, 3.05) is 32.6 Å². The van der Waals surface area contributed by atoms with Gasteiger partial charge in [-0.25, -0.2) is 0 Å². The molecule has 0 saturated carbocycles. The van der Waals surface area contributed by atoms with Gasteiger partial charge in [0.2, 0.25) is 5.91 Å². The number of nitrogens with one attached hydrogen (secondary N) is 1. The Hall–Kier alpha value is -2.24. The quantitative estimate of drug-likeness (QED) is 0.717. The van der Waals surface area contributed by atoms with Crippen molar-refractivity contribution in [2.24, 2.45) is 0 Å². The molecule has 0 aromatic heterocycles. The second-order valence-electron chi connectivity index (χ2n) is 5.72. The largest absolute Gasteiger partial charge is 0.497 e. The molecule has 1 amide bonds. The molecule has 0 fully saturated rings. The lowest BCUT2D eigenvalue weighted by Gasteiger charge is -2.20. The number of anilines is 1. The summed E-state index contributed by atoms with van der Waals surface area (Å²) in [6.45, 7) is 4.55. The lowest BCUT2D eigenvalue weighted by atomic mass is 10.2. The summed E-state index contributed by atoms with van der Waals surface area (Å²) in [6, 6.07) is 15.6. The Labute approximate surface area is 161 Å². The first-order chi connectivity index (χ1) is 12.2. The molecule has 26 heavy (non-hydrogen) atoms. The van der Waals surface area contributed by atoms with Gasteiger partial charge in [-0.2, -0.15) is 0 Å². The van der Waals surface area contributed by atoms with E-state index in [0.717, 1.165) is 13.1 Å². The number of benzene rings is 2. The van der Waals surface area contributed by atoms with Crippen molar-refractivity contribution in [3.8, 4) is 11.5 Å². The number of halogens is 1. The van der Waals surface area contributed by atoms with E-state index in [-0.39, 0.29) is 18.3 Å². The van der Waals surface area contributed by atoms with Crippen LogP contribution in [0.3, 0.4) is 0 Å². The van der Waals surface area contributed by atoms with Gasteiger partial charge in [0.15, 0.2) is 0 Å². The molecule has 0 atom stereocenters. The average Bonchev–Trinajstić information content (AvgIpc) is 2.66. The molecule has 0 bridgehead atoms. The van der Waals surface area contributed by atoms with Gasteiger partial charge in [-0.1, -0.05) is 37.3 Å². The van der Waals surface area contributed by atoms with E-state index >= 15 is 0 Å². The Morgan fingerprint density at radius 1 is 1.08 bits per heavy atom. The maximum absolute atomic E-state index is 12.3. The fourth-order valence-electron chi connectivity index (χ4n) is 2.56. The van der Waals surface area contributed by atoms with Gasteiger partial charge >= 0.3 is 0 Å². The predicted molar refractivity (Wildman–Crippen MR) is 107 cm³/mol. The Morgan fingerprint density at radius 2 is 1.81 bits per heavy atom. The van der Waals surface area contributed by atoms with Crippen LogP contribution in [0.25, 0.3) is 0 Å². The van der Waals surface area contributed by atoms with Crippen LogP contribution in [-0.4, -0.2) is 38.1 Å². The van der Waals surface area contributed by atoms with Gasteiger partial charge in [-0.3, -0.25) is 9.69 Å². The maximum Gasteiger partial charge on any atom is 0.225 e. The fourth-order valence-corrected chi connectivity index (χ4v) is 2.56. The van der Waals surface area contributed by atoms with Crippen molar-refractivity contribution < 1.29 is 14.3 Å². The normalized spacial score (nSPS) is 10.2. The smallest absolute Gasteiger partial charge is 0.225 e. The van der Waals surface area contributed by atoms with E-state index in [0.29, 0.717) is 30.2 Å². The molecule has 2 rings (SSSR count). The van der Waals surface area contributed by atoms with Crippen molar-refractivity contribution in [1.82, 2.24) is 4.90 Å². The van der Waals surface area contributed by atoms with Gasteiger partial charge < -0.3 is 14.8 Å². The van der Waals surface area contributed by atoms with Crippen molar-refractivity contribution in [3.63, 3.8) is 0 Å². The van der Waals surface area contributed by atoms with E-state index in [1.807, 2.05) is 18.2 Å². The molecular formula is C20H27ClN2O3. The van der Waals surface area contributed by atoms with Crippen LogP contribution < -0.4 is 14.8 Å². The van der Waals surface area contributed by atoms with Gasteiger partial charge in [0.25, 0.3) is 0 Å². The number of hydrogen-bond donors (Lipinski definition) is 1. The highest BCUT2D eigenvalue weighted by Gasteiger charge is 2.11. The van der Waals surface area contributed by atoms with Crippen molar-refractivity contribution >= 4 is 24.0 Å². The molecule has 0 aliphatic rings. The van der Waals surface area contributed by atoms with E-state index in [4.69, 9.17) is 9.47 Å². The summed E-state index contributed by atoms with van der Waals surface area (Å²) in [5.74, 6) is 1.24. The third-order valence-electron chi connectivity index (χ3n) is 4.03. The first-order valence-electron chi connectivity index (χ1n) is 8.44. The van der Waals surface area contributed by atoms with E-state index in [2.05, 4.69) is 29.3 Å². The Balaban J connectivity index is 0.00000338. The molecule has 0 saturated heterocycles. The number of hydrogen-bond acceptors (Lipinski definition) is 4. The fraction of sp³-hybridized carbons (Fsp3) is 0.350. The van der Waals surface area contributed by atoms with Gasteiger partial charge in [0.05, 0.1) is 19.9 Å². The topological polar surface area (TPSA) is 50.8 Å². The summed E-state index contributed by atoms with van der Waals surface area (Å²) in [5.41, 5.74) is 1.90. The Bertz CT molecular complexity index is 680. The number of amides is 1. The molecule has 5 nitrogen and oxygen atoms in total. The molecule has 142 valence electrons. The number of methoxy groups -OCH3 is 2. The number of nitrogens with zero attached hydrogens (tertiary/aromatic N) is 1. The zero-order valence-corrected chi connectivity index (χ0v) is 16.3. The maximum atomic E-state index is 12.3. The van der Waals surface area contributed by atoms with E-state index in [1.165, 1.54) is 5.56 Å². The Morgan fingerprint density at radius 3 is 2.42 bits per heavy atom. The summed E-state index contributed by atoms with van der Waals surface area (Å²) < 4.78 is 10.5. The lowest BCUT2D eigenvalue weighted by Crippen LogP contribution is -2.27. The minimum atomic E-state index is -0.0324. The summed E-state index contributed by atoms with van der Waals surface area (Å²) in [6.07, 6.45) is 0.426. The standard InChI is InChI=1S/C20H26N2O3.ClH/c1-4-22(15-16-8-6-5-7-9-16)13-12-20(23)21-18-11-10-17(24-2)14-19(18)25-3;/h5-11,14H,4,12-13,15H2,1-3H3,(H,21,23);1H. The van der Waals surface area contributed by atoms with Crippen LogP contribution in [0.2, 0.25) is 0 Å². The minimum Gasteiger partial charge on any atom is -0.497 e. The van der Waals surface area contributed by atoms with Crippen LogP contribution in [0.4, 0.5) is 5.69 Å². The Kier molecular flexibility index (Phi) is 9.55. The lowest BCUT2D eigenvalue weighted by molar-refractivity contribution is -0.116. The van der Waals surface area contributed by atoms with E-state index in [9.17, 15) is 4.79 Å². The third kappa shape index (κ3) is 6.58. The molecule has 6 heteroatoms. The molecule has 0 heterocycles. The van der Waals surface area contributed by atoms with Gasteiger partial charge in [0, 0.05) is 25.6 Å². The molecule has 2 aromatic carbocycles. The van der Waals surface area contributed by atoms with Crippen molar-refractivity contribution in [2.45, 2.75) is 19.9 Å². The number of carbonyl (C=O) groups is 1. The second kappa shape index (κ2) is 11.4. The first-order valence-corrected chi connectivity index (χ1v) is 8.44. The van der Waals surface area contributed by atoms with Crippen molar-refractivity contribution in [1.29, 1.82) is 0 Å². The highest BCUT2D eigenvalue weighted by atomic mass is 35.5. The van der Waals surface area contributed by atoms with Crippen LogP contribution in [-0.2, 0) is 11.3 Å². The molecule has 0 spiro atoms. The molecular weight excluding hydrogens is 352 g/mol. The highest BCUT2D eigenvalue weighted by Crippen LogP contribution is 2.29. The summed E-state index contributed by atoms with van der Waals surface area (Å²) in [7, 11) is 3.17.